The highest BCUT2D eigenvalue weighted by molar-refractivity contribution is 6.07. The fourth-order valence-corrected chi connectivity index (χ4v) is 3.64. The molecular formula is C17H23N5O2. The van der Waals surface area contributed by atoms with Gasteiger partial charge in [0.15, 0.2) is 5.65 Å². The van der Waals surface area contributed by atoms with E-state index in [-0.39, 0.29) is 18.5 Å². The Kier molecular flexibility index (Phi) is 4.26. The standard InChI is InChI=1S/C17H23N5O2/c1-10-8-13(15-11(2)20-21(3)16(15)19-10)17(24)22(9-14(18)23)12-6-4-5-7-12/h8,12H,4-7,9H2,1-3H3,(H2,18,23). The van der Waals surface area contributed by atoms with E-state index >= 15 is 0 Å². The van der Waals surface area contributed by atoms with Gasteiger partial charge in [-0.3, -0.25) is 14.3 Å². The molecule has 0 atom stereocenters. The SMILES string of the molecule is Cc1cc(C(=O)N(CC(N)=O)C2CCCC2)c2c(C)nn(C)c2n1. The third-order valence-electron chi connectivity index (χ3n) is 4.68. The third-order valence-corrected chi connectivity index (χ3v) is 4.68. The van der Waals surface area contributed by atoms with Crippen LogP contribution in [-0.2, 0) is 11.8 Å². The molecule has 2 amide bonds. The molecule has 0 aromatic carbocycles. The molecule has 0 spiro atoms. The number of pyridine rings is 1. The largest absolute Gasteiger partial charge is 0.368 e. The van der Waals surface area contributed by atoms with Gasteiger partial charge in [0.25, 0.3) is 5.91 Å². The lowest BCUT2D eigenvalue weighted by molar-refractivity contribution is -0.119. The van der Waals surface area contributed by atoms with Crippen molar-refractivity contribution in [3.05, 3.63) is 23.0 Å². The van der Waals surface area contributed by atoms with Crippen molar-refractivity contribution in [3.63, 3.8) is 0 Å². The maximum Gasteiger partial charge on any atom is 0.255 e. The zero-order chi connectivity index (χ0) is 17.4. The van der Waals surface area contributed by atoms with Gasteiger partial charge in [-0.2, -0.15) is 5.10 Å². The maximum atomic E-state index is 13.2. The molecule has 2 N–H and O–H groups in total. The van der Waals surface area contributed by atoms with Crippen LogP contribution in [0.4, 0.5) is 0 Å². The molecule has 0 saturated heterocycles. The Balaban J connectivity index is 2.09. The van der Waals surface area contributed by atoms with Gasteiger partial charge < -0.3 is 10.6 Å². The average Bonchev–Trinajstić information content (AvgIpc) is 3.13. The van der Waals surface area contributed by atoms with Crippen molar-refractivity contribution in [2.75, 3.05) is 6.54 Å². The summed E-state index contributed by atoms with van der Waals surface area (Å²) < 4.78 is 1.68. The Bertz CT molecular complexity index is 805. The second-order valence-corrected chi connectivity index (χ2v) is 6.56. The minimum atomic E-state index is -0.486. The van der Waals surface area contributed by atoms with Crippen molar-refractivity contribution in [1.82, 2.24) is 19.7 Å². The quantitative estimate of drug-likeness (QED) is 0.918. The highest BCUT2D eigenvalue weighted by Crippen LogP contribution is 2.28. The molecule has 128 valence electrons. The lowest BCUT2D eigenvalue weighted by Gasteiger charge is -2.28. The van der Waals surface area contributed by atoms with Gasteiger partial charge in [0.05, 0.1) is 23.2 Å². The molecule has 1 aliphatic rings. The van der Waals surface area contributed by atoms with Crippen LogP contribution < -0.4 is 5.73 Å². The monoisotopic (exact) mass is 329 g/mol. The van der Waals surface area contributed by atoms with Crippen LogP contribution in [-0.4, -0.2) is 44.1 Å². The topological polar surface area (TPSA) is 94.1 Å². The van der Waals surface area contributed by atoms with Crippen molar-refractivity contribution in [2.45, 2.75) is 45.6 Å². The van der Waals surface area contributed by atoms with E-state index in [2.05, 4.69) is 10.1 Å². The summed E-state index contributed by atoms with van der Waals surface area (Å²) in [6, 6.07) is 1.85. The predicted molar refractivity (Wildman–Crippen MR) is 90.5 cm³/mol. The molecule has 7 nitrogen and oxygen atoms in total. The number of nitrogens with two attached hydrogens (primary N) is 1. The van der Waals surface area contributed by atoms with Gasteiger partial charge in [-0.05, 0) is 32.8 Å². The molecule has 2 aromatic heterocycles. The van der Waals surface area contributed by atoms with Crippen LogP contribution in [0.15, 0.2) is 6.07 Å². The van der Waals surface area contributed by atoms with Crippen LogP contribution in [0.3, 0.4) is 0 Å². The zero-order valence-electron chi connectivity index (χ0n) is 14.4. The summed E-state index contributed by atoms with van der Waals surface area (Å²) in [5.74, 6) is -0.646. The first-order valence-corrected chi connectivity index (χ1v) is 8.28. The number of carbonyl (C=O) groups excluding carboxylic acids is 2. The molecule has 1 fully saturated rings. The summed E-state index contributed by atoms with van der Waals surface area (Å²) >= 11 is 0. The molecule has 1 aliphatic carbocycles. The molecular weight excluding hydrogens is 306 g/mol. The van der Waals surface area contributed by atoms with Crippen LogP contribution in [0.2, 0.25) is 0 Å². The highest BCUT2D eigenvalue weighted by Gasteiger charge is 2.30. The molecule has 3 rings (SSSR count). The Labute approximate surface area is 140 Å². The fraction of sp³-hybridized carbons (Fsp3) is 0.529. The van der Waals surface area contributed by atoms with Crippen LogP contribution >= 0.6 is 0 Å². The second kappa shape index (κ2) is 6.22. The average molecular weight is 329 g/mol. The van der Waals surface area contributed by atoms with Gasteiger partial charge >= 0.3 is 0 Å². The lowest BCUT2D eigenvalue weighted by Crippen LogP contribution is -2.44. The smallest absolute Gasteiger partial charge is 0.255 e. The Hall–Kier alpha value is -2.44. The van der Waals surface area contributed by atoms with Crippen molar-refractivity contribution in [2.24, 2.45) is 12.8 Å². The van der Waals surface area contributed by atoms with E-state index in [4.69, 9.17) is 5.73 Å². The van der Waals surface area contributed by atoms with Crippen LogP contribution in [0.5, 0.6) is 0 Å². The third kappa shape index (κ3) is 2.86. The number of fused-ring (bicyclic) bond motifs is 1. The number of hydrogen-bond acceptors (Lipinski definition) is 4. The molecule has 0 aliphatic heterocycles. The van der Waals surface area contributed by atoms with Gasteiger partial charge in [0, 0.05) is 18.8 Å². The minimum absolute atomic E-state index is 0.0499. The van der Waals surface area contributed by atoms with Gasteiger partial charge in [-0.15, -0.1) is 0 Å². The van der Waals surface area contributed by atoms with E-state index in [1.807, 2.05) is 20.9 Å². The summed E-state index contributed by atoms with van der Waals surface area (Å²) in [6.45, 7) is 3.67. The number of rotatable bonds is 4. The van der Waals surface area contributed by atoms with E-state index < -0.39 is 5.91 Å². The fourth-order valence-electron chi connectivity index (χ4n) is 3.64. The first-order chi connectivity index (χ1) is 11.4. The van der Waals surface area contributed by atoms with E-state index in [0.29, 0.717) is 11.2 Å². The van der Waals surface area contributed by atoms with Gasteiger partial charge in [-0.25, -0.2) is 4.98 Å². The number of carbonyl (C=O) groups is 2. The van der Waals surface area contributed by atoms with Crippen molar-refractivity contribution < 1.29 is 9.59 Å². The van der Waals surface area contributed by atoms with E-state index in [9.17, 15) is 9.59 Å². The van der Waals surface area contributed by atoms with E-state index in [0.717, 1.165) is 42.5 Å². The first-order valence-electron chi connectivity index (χ1n) is 8.28. The van der Waals surface area contributed by atoms with E-state index in [1.54, 1.807) is 15.6 Å². The van der Waals surface area contributed by atoms with Gasteiger partial charge in [0.2, 0.25) is 5.91 Å². The molecule has 24 heavy (non-hydrogen) atoms. The number of hydrogen-bond donors (Lipinski definition) is 1. The lowest BCUT2D eigenvalue weighted by atomic mass is 10.1. The summed E-state index contributed by atoms with van der Waals surface area (Å²) in [7, 11) is 1.81. The second-order valence-electron chi connectivity index (χ2n) is 6.56. The van der Waals surface area contributed by atoms with Gasteiger partial charge in [-0.1, -0.05) is 12.8 Å². The Morgan fingerprint density at radius 1 is 1.33 bits per heavy atom. The predicted octanol–water partition coefficient (Wildman–Crippen LogP) is 1.46. The van der Waals surface area contributed by atoms with Crippen molar-refractivity contribution in [3.8, 4) is 0 Å². The summed E-state index contributed by atoms with van der Waals surface area (Å²) in [5, 5.41) is 5.13. The van der Waals surface area contributed by atoms with Crippen LogP contribution in [0.25, 0.3) is 11.0 Å². The molecule has 2 aromatic rings. The van der Waals surface area contributed by atoms with Crippen LogP contribution in [0.1, 0.15) is 47.4 Å². The maximum absolute atomic E-state index is 13.2. The molecule has 0 radical (unpaired) electrons. The number of aryl methyl sites for hydroxylation is 3. The van der Waals surface area contributed by atoms with Crippen molar-refractivity contribution >= 4 is 22.8 Å². The number of amides is 2. The Morgan fingerprint density at radius 2 is 2.00 bits per heavy atom. The molecule has 1 saturated carbocycles. The number of aromatic nitrogens is 3. The molecule has 0 unspecified atom stereocenters. The summed E-state index contributed by atoms with van der Waals surface area (Å²) in [5.41, 5.74) is 8.13. The number of primary amides is 1. The Morgan fingerprint density at radius 3 is 2.62 bits per heavy atom. The normalized spacial score (nSPS) is 15.1. The highest BCUT2D eigenvalue weighted by atomic mass is 16.2. The molecule has 7 heteroatoms. The van der Waals surface area contributed by atoms with E-state index in [1.165, 1.54) is 0 Å². The molecule has 2 heterocycles. The van der Waals surface area contributed by atoms with Gasteiger partial charge in [0.1, 0.15) is 0 Å². The number of nitrogens with zero attached hydrogens (tertiary/aromatic N) is 4. The summed E-state index contributed by atoms with van der Waals surface area (Å²) in [4.78, 5) is 30.9. The minimum Gasteiger partial charge on any atom is -0.368 e. The molecule has 0 bridgehead atoms. The van der Waals surface area contributed by atoms with Crippen LogP contribution in [0, 0.1) is 13.8 Å². The zero-order valence-corrected chi connectivity index (χ0v) is 14.4. The van der Waals surface area contributed by atoms with Crippen molar-refractivity contribution in [1.29, 1.82) is 0 Å². The summed E-state index contributed by atoms with van der Waals surface area (Å²) in [6.07, 6.45) is 3.98. The first kappa shape index (κ1) is 16.4.